The second kappa shape index (κ2) is 7.20. The van der Waals surface area contributed by atoms with Crippen LogP contribution in [0.25, 0.3) is 0 Å². The van der Waals surface area contributed by atoms with Gasteiger partial charge in [-0.05, 0) is 62.6 Å². The third-order valence-electron chi connectivity index (χ3n) is 4.75. The molecule has 1 aliphatic carbocycles. The molecule has 0 radical (unpaired) electrons. The Hall–Kier alpha value is -2.82. The van der Waals surface area contributed by atoms with Crippen LogP contribution in [0.5, 0.6) is 5.75 Å². The molecule has 2 aromatic rings. The minimum absolute atomic E-state index is 0.0880. The van der Waals surface area contributed by atoms with Crippen LogP contribution >= 0.6 is 0 Å². The van der Waals surface area contributed by atoms with Crippen LogP contribution < -0.4 is 15.4 Å². The summed E-state index contributed by atoms with van der Waals surface area (Å²) in [7, 11) is 1.60. The van der Waals surface area contributed by atoms with Gasteiger partial charge in [-0.2, -0.15) is 0 Å². The molecule has 26 heavy (non-hydrogen) atoms. The lowest BCUT2D eigenvalue weighted by molar-refractivity contribution is -0.122. The molecule has 2 atom stereocenters. The molecular weight excluding hydrogens is 328 g/mol. The highest BCUT2D eigenvalue weighted by atomic mass is 16.5. The molecule has 1 fully saturated rings. The van der Waals surface area contributed by atoms with Gasteiger partial charge in [0.15, 0.2) is 0 Å². The molecule has 0 bridgehead atoms. The zero-order valence-corrected chi connectivity index (χ0v) is 15.6. The fraction of sp³-hybridized carbons (Fsp3) is 0.333. The number of ether oxygens (including phenoxy) is 1. The number of aryl methyl sites for hydroxylation is 3. The van der Waals surface area contributed by atoms with Crippen molar-refractivity contribution in [1.29, 1.82) is 0 Å². The zero-order chi connectivity index (χ0) is 18.8. The van der Waals surface area contributed by atoms with Gasteiger partial charge < -0.3 is 15.4 Å². The Labute approximate surface area is 153 Å². The standard InChI is InChI=1S/C21H24N2O3/c1-12-9-13(2)19(14(3)10-12)23-21(25)18-11-17(18)20(24)22-15-5-7-16(26-4)8-6-15/h5-10,17-18H,11H2,1-4H3,(H,22,24)(H,23,25). The average molecular weight is 352 g/mol. The van der Waals surface area contributed by atoms with Crippen LogP contribution in [0.3, 0.4) is 0 Å². The van der Waals surface area contributed by atoms with Gasteiger partial charge in [-0.25, -0.2) is 0 Å². The maximum atomic E-state index is 12.5. The van der Waals surface area contributed by atoms with E-state index < -0.39 is 0 Å². The number of carbonyl (C=O) groups excluding carboxylic acids is 2. The Balaban J connectivity index is 1.59. The fourth-order valence-electron chi connectivity index (χ4n) is 3.28. The molecule has 2 aromatic carbocycles. The third kappa shape index (κ3) is 3.87. The number of hydrogen-bond donors (Lipinski definition) is 2. The number of rotatable bonds is 5. The molecule has 136 valence electrons. The van der Waals surface area contributed by atoms with E-state index in [1.807, 2.05) is 32.9 Å². The molecule has 0 spiro atoms. The molecule has 2 N–H and O–H groups in total. The van der Waals surface area contributed by atoms with Gasteiger partial charge >= 0.3 is 0 Å². The van der Waals surface area contributed by atoms with Crippen LogP contribution in [0.15, 0.2) is 36.4 Å². The largest absolute Gasteiger partial charge is 0.497 e. The van der Waals surface area contributed by atoms with Crippen LogP contribution in [0.1, 0.15) is 23.1 Å². The van der Waals surface area contributed by atoms with E-state index in [0.717, 1.165) is 22.6 Å². The lowest BCUT2D eigenvalue weighted by Crippen LogP contribution is -2.21. The summed E-state index contributed by atoms with van der Waals surface area (Å²) in [6, 6.07) is 11.2. The Kier molecular flexibility index (Phi) is 4.98. The van der Waals surface area contributed by atoms with Crippen LogP contribution in [0.4, 0.5) is 11.4 Å². The Bertz CT molecular complexity index is 820. The molecule has 5 nitrogen and oxygen atoms in total. The number of anilines is 2. The second-order valence-corrected chi connectivity index (χ2v) is 6.93. The topological polar surface area (TPSA) is 67.4 Å². The lowest BCUT2D eigenvalue weighted by Gasteiger charge is -2.13. The van der Waals surface area contributed by atoms with Crippen molar-refractivity contribution in [2.75, 3.05) is 17.7 Å². The summed E-state index contributed by atoms with van der Waals surface area (Å²) < 4.78 is 5.10. The molecule has 0 aliphatic heterocycles. The predicted molar refractivity (Wildman–Crippen MR) is 103 cm³/mol. The van der Waals surface area contributed by atoms with Crippen molar-refractivity contribution in [3.63, 3.8) is 0 Å². The zero-order valence-electron chi connectivity index (χ0n) is 15.6. The summed E-state index contributed by atoms with van der Waals surface area (Å²) >= 11 is 0. The van der Waals surface area contributed by atoms with Gasteiger partial charge in [-0.3, -0.25) is 9.59 Å². The number of hydrogen-bond acceptors (Lipinski definition) is 3. The van der Waals surface area contributed by atoms with Gasteiger partial charge in [-0.1, -0.05) is 17.7 Å². The molecule has 1 saturated carbocycles. The first-order valence-electron chi connectivity index (χ1n) is 8.72. The van der Waals surface area contributed by atoms with Crippen molar-refractivity contribution in [3.05, 3.63) is 53.1 Å². The summed E-state index contributed by atoms with van der Waals surface area (Å²) in [4.78, 5) is 24.9. The van der Waals surface area contributed by atoms with Gasteiger partial charge in [0.1, 0.15) is 5.75 Å². The molecule has 0 aromatic heterocycles. The summed E-state index contributed by atoms with van der Waals surface area (Å²) in [5.74, 6) is -0.0189. The van der Waals surface area contributed by atoms with Crippen LogP contribution in [-0.2, 0) is 9.59 Å². The summed E-state index contributed by atoms with van der Waals surface area (Å²) in [6.45, 7) is 6.00. The molecule has 5 heteroatoms. The molecule has 0 heterocycles. The lowest BCUT2D eigenvalue weighted by atomic mass is 10.0. The number of carbonyl (C=O) groups is 2. The van der Waals surface area contributed by atoms with Gasteiger partial charge in [0.25, 0.3) is 0 Å². The van der Waals surface area contributed by atoms with Crippen molar-refractivity contribution in [1.82, 2.24) is 0 Å². The van der Waals surface area contributed by atoms with Crippen LogP contribution in [-0.4, -0.2) is 18.9 Å². The highest BCUT2D eigenvalue weighted by Gasteiger charge is 2.48. The van der Waals surface area contributed by atoms with Gasteiger partial charge in [0.2, 0.25) is 11.8 Å². The van der Waals surface area contributed by atoms with E-state index in [4.69, 9.17) is 4.74 Å². The van der Waals surface area contributed by atoms with E-state index >= 15 is 0 Å². The van der Waals surface area contributed by atoms with E-state index in [9.17, 15) is 9.59 Å². The second-order valence-electron chi connectivity index (χ2n) is 6.93. The molecule has 3 rings (SSSR count). The minimum atomic E-state index is -0.275. The van der Waals surface area contributed by atoms with E-state index in [1.54, 1.807) is 31.4 Å². The Morgan fingerprint density at radius 3 is 2.00 bits per heavy atom. The first-order chi connectivity index (χ1) is 12.4. The SMILES string of the molecule is COc1ccc(NC(=O)C2CC2C(=O)Nc2c(C)cc(C)cc2C)cc1. The normalized spacial score (nSPS) is 18.2. The van der Waals surface area contributed by atoms with Crippen molar-refractivity contribution in [2.45, 2.75) is 27.2 Å². The number of methoxy groups -OCH3 is 1. The summed E-state index contributed by atoms with van der Waals surface area (Å²) in [5, 5.41) is 5.86. The van der Waals surface area contributed by atoms with Crippen molar-refractivity contribution < 1.29 is 14.3 Å². The summed E-state index contributed by atoms with van der Waals surface area (Å²) in [6.07, 6.45) is 0.581. The number of nitrogens with one attached hydrogen (secondary N) is 2. The average Bonchev–Trinajstić information content (AvgIpc) is 3.39. The van der Waals surface area contributed by atoms with E-state index in [1.165, 1.54) is 5.56 Å². The maximum Gasteiger partial charge on any atom is 0.228 e. The van der Waals surface area contributed by atoms with Crippen LogP contribution in [0.2, 0.25) is 0 Å². The Morgan fingerprint density at radius 2 is 1.46 bits per heavy atom. The van der Waals surface area contributed by atoms with E-state index in [-0.39, 0.29) is 23.7 Å². The highest BCUT2D eigenvalue weighted by Crippen LogP contribution is 2.40. The van der Waals surface area contributed by atoms with E-state index in [2.05, 4.69) is 10.6 Å². The Morgan fingerprint density at radius 1 is 0.923 bits per heavy atom. The molecule has 2 unspecified atom stereocenters. The molecular formula is C21H24N2O3. The van der Waals surface area contributed by atoms with Gasteiger partial charge in [0, 0.05) is 11.4 Å². The quantitative estimate of drug-likeness (QED) is 0.859. The molecule has 1 aliphatic rings. The molecule has 0 saturated heterocycles. The highest BCUT2D eigenvalue weighted by molar-refractivity contribution is 6.03. The van der Waals surface area contributed by atoms with Crippen molar-refractivity contribution >= 4 is 23.2 Å². The predicted octanol–water partition coefficient (Wildman–Crippen LogP) is 3.83. The van der Waals surface area contributed by atoms with Gasteiger partial charge in [0.05, 0.1) is 18.9 Å². The van der Waals surface area contributed by atoms with Gasteiger partial charge in [-0.15, -0.1) is 0 Å². The fourth-order valence-corrected chi connectivity index (χ4v) is 3.28. The number of benzene rings is 2. The molecule has 2 amide bonds. The smallest absolute Gasteiger partial charge is 0.228 e. The first-order valence-corrected chi connectivity index (χ1v) is 8.72. The van der Waals surface area contributed by atoms with Crippen molar-refractivity contribution in [3.8, 4) is 5.75 Å². The summed E-state index contributed by atoms with van der Waals surface area (Å²) in [5.41, 5.74) is 4.79. The van der Waals surface area contributed by atoms with Crippen LogP contribution in [0, 0.1) is 32.6 Å². The first kappa shape index (κ1) is 18.0. The van der Waals surface area contributed by atoms with E-state index in [0.29, 0.717) is 12.1 Å². The van der Waals surface area contributed by atoms with Crippen molar-refractivity contribution in [2.24, 2.45) is 11.8 Å². The monoisotopic (exact) mass is 352 g/mol. The number of amides is 2. The third-order valence-corrected chi connectivity index (χ3v) is 4.75. The minimum Gasteiger partial charge on any atom is -0.497 e. The maximum absolute atomic E-state index is 12.5.